The van der Waals surface area contributed by atoms with Crippen LogP contribution in [0, 0.1) is 5.82 Å². The van der Waals surface area contributed by atoms with Crippen molar-refractivity contribution >= 4 is 51.8 Å². The number of fused-ring (bicyclic) bond motifs is 7. The number of carbonyl (C=O) groups excluding carboxylic acids is 2. The molecule has 1 spiro atoms. The third kappa shape index (κ3) is 4.66. The summed E-state index contributed by atoms with van der Waals surface area (Å²) in [6.07, 6.45) is 0.675. The van der Waals surface area contributed by atoms with Gasteiger partial charge in [0.15, 0.2) is 0 Å². The molecule has 4 aromatic rings. The standard InChI is InChI=1S/C33H31Cl2FN4O4.CH4/c1-17(2)44-14-13-40-26-11-12-39-25-10-7-18(31(41)43-3)15-24(25)37-30(39)27(26)28(20-5-4-6-22(35)29(20)36)33(40)21-9-8-19(34)16-23(21)38-32(33)42;/h4-10,15-17,26-28H,11-14H2,1-3H3,(H,38,42);1H4/t26-,27+,28-,33+;/m0./s1. The lowest BCUT2D eigenvalue weighted by Crippen LogP contribution is -2.53. The molecule has 1 aromatic heterocycles. The first kappa shape index (κ1) is 31.5. The number of amides is 1. The Labute approximate surface area is 271 Å². The van der Waals surface area contributed by atoms with Crippen molar-refractivity contribution in [3.63, 3.8) is 0 Å². The predicted octanol–water partition coefficient (Wildman–Crippen LogP) is 7.13. The number of carbonyl (C=O) groups is 2. The Kier molecular flexibility index (Phi) is 8.18. The van der Waals surface area contributed by atoms with Crippen molar-refractivity contribution < 1.29 is 23.5 Å². The van der Waals surface area contributed by atoms with Gasteiger partial charge >= 0.3 is 5.97 Å². The number of benzene rings is 3. The Balaban J connectivity index is 0.00000357. The molecule has 7 rings (SSSR count). The number of imidazole rings is 1. The van der Waals surface area contributed by atoms with Gasteiger partial charge in [0.1, 0.15) is 17.2 Å². The molecule has 0 saturated carbocycles. The quantitative estimate of drug-likeness (QED) is 0.223. The van der Waals surface area contributed by atoms with E-state index in [2.05, 4.69) is 14.8 Å². The summed E-state index contributed by atoms with van der Waals surface area (Å²) in [5.41, 5.74) is 2.24. The summed E-state index contributed by atoms with van der Waals surface area (Å²) in [6, 6.07) is 15.4. The maximum atomic E-state index is 16.3. The Hall–Kier alpha value is -3.50. The van der Waals surface area contributed by atoms with Crippen LogP contribution in [0.5, 0.6) is 0 Å². The summed E-state index contributed by atoms with van der Waals surface area (Å²) in [5.74, 6) is -1.66. The van der Waals surface area contributed by atoms with Gasteiger partial charge in [0.25, 0.3) is 0 Å². The molecule has 0 bridgehead atoms. The van der Waals surface area contributed by atoms with E-state index in [1.807, 2.05) is 26.0 Å². The van der Waals surface area contributed by atoms with E-state index in [9.17, 15) is 9.59 Å². The van der Waals surface area contributed by atoms with Crippen molar-refractivity contribution in [1.82, 2.24) is 14.5 Å². The third-order valence-electron chi connectivity index (χ3n) is 9.31. The monoisotopic (exact) mass is 652 g/mol. The lowest BCUT2D eigenvalue weighted by atomic mass is 9.70. The van der Waals surface area contributed by atoms with Crippen LogP contribution in [-0.2, 0) is 26.4 Å². The van der Waals surface area contributed by atoms with Crippen molar-refractivity contribution in [2.45, 2.75) is 63.8 Å². The van der Waals surface area contributed by atoms with Crippen LogP contribution in [-0.4, -0.2) is 58.7 Å². The molecule has 0 aliphatic carbocycles. The molecule has 45 heavy (non-hydrogen) atoms. The number of esters is 1. The van der Waals surface area contributed by atoms with Crippen LogP contribution in [0.1, 0.15) is 66.8 Å². The van der Waals surface area contributed by atoms with Crippen molar-refractivity contribution in [3.05, 3.63) is 93.0 Å². The van der Waals surface area contributed by atoms with E-state index >= 15 is 4.39 Å². The van der Waals surface area contributed by atoms with Crippen molar-refractivity contribution in [2.24, 2.45) is 0 Å². The van der Waals surface area contributed by atoms with Gasteiger partial charge in [0, 0.05) is 47.2 Å². The predicted molar refractivity (Wildman–Crippen MR) is 173 cm³/mol. The summed E-state index contributed by atoms with van der Waals surface area (Å²) in [4.78, 5) is 34.2. The SMILES string of the molecule is C.COC(=O)c1ccc2c(c1)nc1n2CC[C@H]2[C@@H]1[C@H](c1cccc(Cl)c1F)[C@]1(C(=O)Nc3cc(Cl)ccc31)N2CCOC(C)C. The molecule has 1 N–H and O–H groups in total. The Morgan fingerprint density at radius 3 is 2.73 bits per heavy atom. The first-order valence-corrected chi connectivity index (χ1v) is 15.4. The van der Waals surface area contributed by atoms with Gasteiger partial charge in [0.2, 0.25) is 5.91 Å². The molecule has 8 nitrogen and oxygen atoms in total. The molecule has 0 unspecified atom stereocenters. The van der Waals surface area contributed by atoms with Gasteiger partial charge in [-0.05, 0) is 62.2 Å². The van der Waals surface area contributed by atoms with Gasteiger partial charge in [-0.25, -0.2) is 14.2 Å². The number of rotatable bonds is 6. The number of anilines is 1. The van der Waals surface area contributed by atoms with E-state index in [0.29, 0.717) is 53.5 Å². The highest BCUT2D eigenvalue weighted by molar-refractivity contribution is 6.31. The fourth-order valence-electron chi connectivity index (χ4n) is 7.71. The molecule has 3 aliphatic heterocycles. The second-order valence-corrected chi connectivity index (χ2v) is 12.7. The summed E-state index contributed by atoms with van der Waals surface area (Å²) in [6.45, 7) is 5.38. The molecule has 3 aromatic carbocycles. The van der Waals surface area contributed by atoms with Gasteiger partial charge in [-0.15, -0.1) is 0 Å². The summed E-state index contributed by atoms with van der Waals surface area (Å²) in [7, 11) is 1.34. The molecule has 236 valence electrons. The van der Waals surface area contributed by atoms with Crippen LogP contribution in [0.25, 0.3) is 11.0 Å². The fraction of sp³-hybridized carbons (Fsp3) is 0.382. The second-order valence-electron chi connectivity index (χ2n) is 11.8. The van der Waals surface area contributed by atoms with Crippen molar-refractivity contribution in [3.8, 4) is 0 Å². The van der Waals surface area contributed by atoms with Gasteiger partial charge in [-0.1, -0.05) is 48.8 Å². The van der Waals surface area contributed by atoms with E-state index in [0.717, 1.165) is 16.9 Å². The molecule has 1 amide bonds. The third-order valence-corrected chi connectivity index (χ3v) is 9.84. The average molecular weight is 654 g/mol. The highest BCUT2D eigenvalue weighted by Crippen LogP contribution is 2.64. The van der Waals surface area contributed by atoms with Crippen LogP contribution in [0.2, 0.25) is 10.0 Å². The second kappa shape index (κ2) is 11.7. The van der Waals surface area contributed by atoms with Gasteiger partial charge in [-0.2, -0.15) is 0 Å². The zero-order valence-electron chi connectivity index (χ0n) is 24.4. The van der Waals surface area contributed by atoms with Crippen molar-refractivity contribution in [2.75, 3.05) is 25.6 Å². The van der Waals surface area contributed by atoms with Crippen LogP contribution in [0.4, 0.5) is 10.1 Å². The molecule has 1 fully saturated rings. The fourth-order valence-corrected chi connectivity index (χ4v) is 8.06. The number of methoxy groups -OCH3 is 1. The molecule has 1 saturated heterocycles. The summed E-state index contributed by atoms with van der Waals surface area (Å²) in [5, 5.41) is 3.55. The topological polar surface area (TPSA) is 85.7 Å². The average Bonchev–Trinajstić information content (AvgIpc) is 3.61. The van der Waals surface area contributed by atoms with E-state index in [1.54, 1.807) is 36.4 Å². The number of halogens is 3. The maximum absolute atomic E-state index is 16.3. The number of aromatic nitrogens is 2. The smallest absolute Gasteiger partial charge is 0.337 e. The van der Waals surface area contributed by atoms with Crippen LogP contribution in [0.15, 0.2) is 54.6 Å². The lowest BCUT2D eigenvalue weighted by molar-refractivity contribution is -0.128. The zero-order valence-corrected chi connectivity index (χ0v) is 26.0. The number of nitrogens with one attached hydrogen (secondary N) is 1. The minimum atomic E-state index is -1.30. The zero-order chi connectivity index (χ0) is 30.9. The van der Waals surface area contributed by atoms with Crippen molar-refractivity contribution in [1.29, 1.82) is 0 Å². The number of likely N-dealkylation sites (tertiary alicyclic amines) is 1. The first-order chi connectivity index (χ1) is 21.2. The largest absolute Gasteiger partial charge is 0.465 e. The highest BCUT2D eigenvalue weighted by Gasteiger charge is 2.68. The van der Waals surface area contributed by atoms with E-state index in [-0.39, 0.29) is 30.5 Å². The first-order valence-electron chi connectivity index (χ1n) is 14.7. The molecule has 0 radical (unpaired) electrons. The van der Waals surface area contributed by atoms with Gasteiger partial charge in [0.05, 0.1) is 41.4 Å². The van der Waals surface area contributed by atoms with E-state index in [1.165, 1.54) is 13.2 Å². The Morgan fingerprint density at radius 2 is 1.98 bits per heavy atom. The molecule has 11 heteroatoms. The minimum Gasteiger partial charge on any atom is -0.465 e. The van der Waals surface area contributed by atoms with E-state index in [4.69, 9.17) is 37.7 Å². The molecular weight excluding hydrogens is 618 g/mol. The Morgan fingerprint density at radius 1 is 1.18 bits per heavy atom. The lowest BCUT2D eigenvalue weighted by Gasteiger charge is -2.40. The molecule has 3 aliphatic rings. The summed E-state index contributed by atoms with van der Waals surface area (Å²) >= 11 is 12.8. The molecule has 4 atom stereocenters. The van der Waals surface area contributed by atoms with Gasteiger partial charge < -0.3 is 19.4 Å². The van der Waals surface area contributed by atoms with Gasteiger partial charge in [-0.3, -0.25) is 9.69 Å². The minimum absolute atomic E-state index is 0. The number of aryl methyl sites for hydroxylation is 1. The van der Waals surface area contributed by atoms with E-state index < -0.39 is 29.2 Å². The highest BCUT2D eigenvalue weighted by atomic mass is 35.5. The van der Waals surface area contributed by atoms with Crippen LogP contribution in [0.3, 0.4) is 0 Å². The number of hydrogen-bond acceptors (Lipinski definition) is 6. The molecular formula is C34H35Cl2FN4O4. The number of nitrogens with zero attached hydrogens (tertiary/aromatic N) is 3. The normalized spacial score (nSPS) is 23.5. The molecule has 4 heterocycles. The van der Waals surface area contributed by atoms with Crippen LogP contribution >= 0.6 is 23.2 Å². The Bertz CT molecular complexity index is 1830. The summed E-state index contributed by atoms with van der Waals surface area (Å²) < 4.78 is 29.3. The van der Waals surface area contributed by atoms with Crippen LogP contribution < -0.4 is 5.32 Å². The number of hydrogen-bond donors (Lipinski definition) is 1. The number of ether oxygens (including phenoxy) is 2. The maximum Gasteiger partial charge on any atom is 0.337 e.